The van der Waals surface area contributed by atoms with E-state index >= 15 is 0 Å². The number of amides is 1. The topological polar surface area (TPSA) is 42.0 Å². The maximum atomic E-state index is 11.7. The second-order valence-electron chi connectivity index (χ2n) is 5.49. The van der Waals surface area contributed by atoms with E-state index in [0.717, 1.165) is 18.0 Å². The molecular formula is C16H24N2O. The molecule has 0 aliphatic heterocycles. The summed E-state index contributed by atoms with van der Waals surface area (Å²) in [6.07, 6.45) is 11.6. The molecule has 0 radical (unpaired) electrons. The number of carbonyl (C=O) groups is 1. The lowest BCUT2D eigenvalue weighted by Crippen LogP contribution is -2.23. The Kier molecular flexibility index (Phi) is 5.86. The van der Waals surface area contributed by atoms with Gasteiger partial charge in [0.15, 0.2) is 0 Å². The molecule has 3 nitrogen and oxygen atoms in total. The number of carbonyl (C=O) groups excluding carboxylic acids is 1. The SMILES string of the molecule is O=C(CCCC1CCCCC1)NCc1ccccn1. The Hall–Kier alpha value is -1.38. The minimum Gasteiger partial charge on any atom is -0.350 e. The standard InChI is InChI=1S/C16H24N2O/c19-16(18-13-15-10-4-5-12-17-15)11-6-9-14-7-2-1-3-8-14/h4-5,10,12,14H,1-3,6-9,11,13H2,(H,18,19). The Balaban J connectivity index is 1.57. The number of aromatic nitrogens is 1. The fourth-order valence-corrected chi connectivity index (χ4v) is 2.81. The fourth-order valence-electron chi connectivity index (χ4n) is 2.81. The largest absolute Gasteiger partial charge is 0.350 e. The highest BCUT2D eigenvalue weighted by atomic mass is 16.1. The van der Waals surface area contributed by atoms with Crippen molar-refractivity contribution >= 4 is 5.91 Å². The van der Waals surface area contributed by atoms with Crippen molar-refractivity contribution in [2.24, 2.45) is 5.92 Å². The average Bonchev–Trinajstić information content (AvgIpc) is 2.47. The van der Waals surface area contributed by atoms with Crippen LogP contribution in [0.5, 0.6) is 0 Å². The molecule has 0 aromatic carbocycles. The summed E-state index contributed by atoms with van der Waals surface area (Å²) in [5.74, 6) is 1.03. The molecular weight excluding hydrogens is 236 g/mol. The number of rotatable bonds is 6. The molecule has 104 valence electrons. The number of nitrogens with one attached hydrogen (secondary N) is 1. The summed E-state index contributed by atoms with van der Waals surface area (Å²) in [7, 11) is 0. The fraction of sp³-hybridized carbons (Fsp3) is 0.625. The first-order valence-corrected chi connectivity index (χ1v) is 7.51. The van der Waals surface area contributed by atoms with E-state index in [2.05, 4.69) is 10.3 Å². The highest BCUT2D eigenvalue weighted by molar-refractivity contribution is 5.75. The Labute approximate surface area is 115 Å². The zero-order valence-electron chi connectivity index (χ0n) is 11.6. The Morgan fingerprint density at radius 1 is 1.26 bits per heavy atom. The molecule has 0 saturated heterocycles. The molecule has 0 bridgehead atoms. The highest BCUT2D eigenvalue weighted by Crippen LogP contribution is 2.27. The van der Waals surface area contributed by atoms with Crippen molar-refractivity contribution in [1.82, 2.24) is 10.3 Å². The number of hydrogen-bond acceptors (Lipinski definition) is 2. The maximum absolute atomic E-state index is 11.7. The average molecular weight is 260 g/mol. The monoisotopic (exact) mass is 260 g/mol. The Bertz CT molecular complexity index is 372. The van der Waals surface area contributed by atoms with Crippen molar-refractivity contribution in [2.45, 2.75) is 57.9 Å². The van der Waals surface area contributed by atoms with Gasteiger partial charge in [-0.1, -0.05) is 38.2 Å². The van der Waals surface area contributed by atoms with E-state index in [4.69, 9.17) is 0 Å². The zero-order valence-corrected chi connectivity index (χ0v) is 11.6. The lowest BCUT2D eigenvalue weighted by molar-refractivity contribution is -0.121. The van der Waals surface area contributed by atoms with Crippen LogP contribution < -0.4 is 5.32 Å². The zero-order chi connectivity index (χ0) is 13.3. The van der Waals surface area contributed by atoms with Crippen LogP contribution >= 0.6 is 0 Å². The smallest absolute Gasteiger partial charge is 0.220 e. The molecule has 1 saturated carbocycles. The molecule has 1 heterocycles. The van der Waals surface area contributed by atoms with E-state index in [9.17, 15) is 4.79 Å². The lowest BCUT2D eigenvalue weighted by Gasteiger charge is -2.21. The van der Waals surface area contributed by atoms with Crippen molar-refractivity contribution in [2.75, 3.05) is 0 Å². The van der Waals surface area contributed by atoms with Crippen molar-refractivity contribution in [1.29, 1.82) is 0 Å². The molecule has 1 aromatic rings. The molecule has 0 unspecified atom stereocenters. The molecule has 1 aromatic heterocycles. The van der Waals surface area contributed by atoms with Gasteiger partial charge in [-0.2, -0.15) is 0 Å². The minimum atomic E-state index is 0.154. The maximum Gasteiger partial charge on any atom is 0.220 e. The second-order valence-corrected chi connectivity index (χ2v) is 5.49. The minimum absolute atomic E-state index is 0.154. The van der Waals surface area contributed by atoms with Gasteiger partial charge in [-0.25, -0.2) is 0 Å². The van der Waals surface area contributed by atoms with Crippen LogP contribution in [0.25, 0.3) is 0 Å². The van der Waals surface area contributed by atoms with Crippen LogP contribution in [0.3, 0.4) is 0 Å². The highest BCUT2D eigenvalue weighted by Gasteiger charge is 2.13. The van der Waals surface area contributed by atoms with E-state index in [1.807, 2.05) is 18.2 Å². The molecule has 19 heavy (non-hydrogen) atoms. The molecule has 3 heteroatoms. The van der Waals surface area contributed by atoms with E-state index in [1.165, 1.54) is 38.5 Å². The Morgan fingerprint density at radius 2 is 2.11 bits per heavy atom. The predicted molar refractivity (Wildman–Crippen MR) is 76.5 cm³/mol. The molecule has 1 fully saturated rings. The van der Waals surface area contributed by atoms with E-state index in [0.29, 0.717) is 13.0 Å². The van der Waals surface area contributed by atoms with Crippen molar-refractivity contribution in [3.05, 3.63) is 30.1 Å². The Morgan fingerprint density at radius 3 is 2.84 bits per heavy atom. The summed E-state index contributed by atoms with van der Waals surface area (Å²) >= 11 is 0. The third kappa shape index (κ3) is 5.41. The molecule has 1 aliphatic carbocycles. The van der Waals surface area contributed by atoms with Gasteiger partial charge in [0.1, 0.15) is 0 Å². The van der Waals surface area contributed by atoms with Crippen LogP contribution in [0.15, 0.2) is 24.4 Å². The van der Waals surface area contributed by atoms with Gasteiger partial charge in [0.05, 0.1) is 12.2 Å². The normalized spacial score (nSPS) is 16.2. The number of pyridine rings is 1. The van der Waals surface area contributed by atoms with Gasteiger partial charge < -0.3 is 5.32 Å². The summed E-state index contributed by atoms with van der Waals surface area (Å²) in [5.41, 5.74) is 0.920. The number of nitrogens with zero attached hydrogens (tertiary/aromatic N) is 1. The van der Waals surface area contributed by atoms with Crippen LogP contribution in [-0.4, -0.2) is 10.9 Å². The molecule has 2 rings (SSSR count). The molecule has 0 atom stereocenters. The first kappa shape index (κ1) is 14.0. The van der Waals surface area contributed by atoms with E-state index < -0.39 is 0 Å². The van der Waals surface area contributed by atoms with Crippen LogP contribution in [-0.2, 0) is 11.3 Å². The second kappa shape index (κ2) is 7.93. The summed E-state index contributed by atoms with van der Waals surface area (Å²) in [4.78, 5) is 15.9. The van der Waals surface area contributed by atoms with Crippen LogP contribution in [0.4, 0.5) is 0 Å². The van der Waals surface area contributed by atoms with Crippen LogP contribution in [0.2, 0.25) is 0 Å². The van der Waals surface area contributed by atoms with Crippen molar-refractivity contribution < 1.29 is 4.79 Å². The van der Waals surface area contributed by atoms with Gasteiger partial charge in [-0.3, -0.25) is 9.78 Å². The van der Waals surface area contributed by atoms with Gasteiger partial charge in [0, 0.05) is 12.6 Å². The van der Waals surface area contributed by atoms with Crippen LogP contribution in [0.1, 0.15) is 57.1 Å². The summed E-state index contributed by atoms with van der Waals surface area (Å²) in [6, 6.07) is 5.76. The summed E-state index contributed by atoms with van der Waals surface area (Å²) < 4.78 is 0. The first-order valence-electron chi connectivity index (χ1n) is 7.51. The van der Waals surface area contributed by atoms with E-state index in [-0.39, 0.29) is 5.91 Å². The van der Waals surface area contributed by atoms with E-state index in [1.54, 1.807) is 6.20 Å². The van der Waals surface area contributed by atoms with Crippen molar-refractivity contribution in [3.8, 4) is 0 Å². The summed E-state index contributed by atoms with van der Waals surface area (Å²) in [5, 5.41) is 2.94. The molecule has 0 spiro atoms. The molecule has 1 amide bonds. The van der Waals surface area contributed by atoms with Crippen molar-refractivity contribution in [3.63, 3.8) is 0 Å². The quantitative estimate of drug-likeness (QED) is 0.851. The number of hydrogen-bond donors (Lipinski definition) is 1. The van der Waals surface area contributed by atoms with Gasteiger partial charge in [-0.15, -0.1) is 0 Å². The van der Waals surface area contributed by atoms with Gasteiger partial charge in [0.25, 0.3) is 0 Å². The molecule has 1 N–H and O–H groups in total. The lowest BCUT2D eigenvalue weighted by atomic mass is 9.86. The van der Waals surface area contributed by atoms with Gasteiger partial charge >= 0.3 is 0 Å². The molecule has 1 aliphatic rings. The van der Waals surface area contributed by atoms with Crippen LogP contribution in [0, 0.1) is 5.92 Å². The predicted octanol–water partition coefficient (Wildman–Crippen LogP) is 3.45. The van der Waals surface area contributed by atoms with Gasteiger partial charge in [-0.05, 0) is 30.9 Å². The summed E-state index contributed by atoms with van der Waals surface area (Å²) in [6.45, 7) is 0.545. The van der Waals surface area contributed by atoms with Gasteiger partial charge in [0.2, 0.25) is 5.91 Å². The third-order valence-corrected chi connectivity index (χ3v) is 3.93. The first-order chi connectivity index (χ1) is 9.34. The third-order valence-electron chi connectivity index (χ3n) is 3.93.